The number of piperazine rings is 1. The van der Waals surface area contributed by atoms with Gasteiger partial charge in [0.2, 0.25) is 5.91 Å². The quantitative estimate of drug-likeness (QED) is 0.697. The monoisotopic (exact) mass is 226 g/mol. The molecule has 1 N–H and O–H groups in total. The molecule has 0 aromatic rings. The number of carboxylic acids is 1. The van der Waals surface area contributed by atoms with E-state index in [-0.39, 0.29) is 18.0 Å². The van der Waals surface area contributed by atoms with E-state index in [0.29, 0.717) is 13.1 Å². The molecule has 0 atom stereocenters. The van der Waals surface area contributed by atoms with Crippen molar-refractivity contribution >= 4 is 11.9 Å². The molecule has 1 amide bonds. The third-order valence-corrected chi connectivity index (χ3v) is 3.05. The van der Waals surface area contributed by atoms with Crippen LogP contribution in [0.2, 0.25) is 0 Å². The van der Waals surface area contributed by atoms with Crippen LogP contribution in [0.25, 0.3) is 0 Å². The Bertz CT molecular complexity index is 336. The molecular weight excluding hydrogens is 208 g/mol. The SMILES string of the molecule is C=C(CN1CCN(C)C(=O)C1(C)C)C(=O)O. The van der Waals surface area contributed by atoms with E-state index in [1.165, 1.54) is 0 Å². The van der Waals surface area contributed by atoms with Gasteiger partial charge < -0.3 is 10.0 Å². The molecule has 0 aromatic heterocycles. The molecule has 1 aliphatic heterocycles. The molecule has 90 valence electrons. The molecule has 0 aliphatic carbocycles. The topological polar surface area (TPSA) is 60.9 Å². The summed E-state index contributed by atoms with van der Waals surface area (Å²) < 4.78 is 0. The summed E-state index contributed by atoms with van der Waals surface area (Å²) in [5.74, 6) is -1.00. The molecule has 16 heavy (non-hydrogen) atoms. The van der Waals surface area contributed by atoms with Crippen LogP contribution in [0.15, 0.2) is 12.2 Å². The highest BCUT2D eigenvalue weighted by molar-refractivity contribution is 5.88. The number of amides is 1. The molecule has 0 bridgehead atoms. The minimum absolute atomic E-state index is 0.0111. The van der Waals surface area contributed by atoms with Crippen molar-refractivity contribution in [1.29, 1.82) is 0 Å². The molecule has 1 aliphatic rings. The van der Waals surface area contributed by atoms with E-state index in [0.717, 1.165) is 0 Å². The Labute approximate surface area is 95.3 Å². The van der Waals surface area contributed by atoms with Crippen molar-refractivity contribution < 1.29 is 14.7 Å². The van der Waals surface area contributed by atoms with E-state index in [2.05, 4.69) is 6.58 Å². The standard InChI is InChI=1S/C11H18N2O3/c1-8(9(14)15)7-13-6-5-12(4)10(16)11(13,2)3/h1,5-7H2,2-4H3,(H,14,15). The lowest BCUT2D eigenvalue weighted by atomic mass is 9.97. The number of hydrogen-bond acceptors (Lipinski definition) is 3. The van der Waals surface area contributed by atoms with Crippen LogP contribution < -0.4 is 0 Å². The fourth-order valence-corrected chi connectivity index (χ4v) is 1.83. The molecule has 1 heterocycles. The first-order valence-corrected chi connectivity index (χ1v) is 5.18. The number of nitrogens with zero attached hydrogens (tertiary/aromatic N) is 2. The number of likely N-dealkylation sites (N-methyl/N-ethyl adjacent to an activating group) is 1. The smallest absolute Gasteiger partial charge is 0.332 e. The van der Waals surface area contributed by atoms with E-state index in [9.17, 15) is 9.59 Å². The van der Waals surface area contributed by atoms with Gasteiger partial charge in [-0.1, -0.05) is 6.58 Å². The van der Waals surface area contributed by atoms with Crippen molar-refractivity contribution in [3.05, 3.63) is 12.2 Å². The molecule has 5 heteroatoms. The summed E-state index contributed by atoms with van der Waals surface area (Å²) in [4.78, 5) is 26.1. The van der Waals surface area contributed by atoms with E-state index >= 15 is 0 Å². The summed E-state index contributed by atoms with van der Waals surface area (Å²) >= 11 is 0. The molecule has 0 unspecified atom stereocenters. The van der Waals surface area contributed by atoms with Gasteiger partial charge in [-0.2, -0.15) is 0 Å². The Kier molecular flexibility index (Phi) is 3.38. The Balaban J connectivity index is 2.78. The molecule has 5 nitrogen and oxygen atoms in total. The number of carbonyl (C=O) groups excluding carboxylic acids is 1. The summed E-state index contributed by atoms with van der Waals surface area (Å²) in [6.07, 6.45) is 0. The Hall–Kier alpha value is -1.36. The first-order valence-electron chi connectivity index (χ1n) is 5.18. The van der Waals surface area contributed by atoms with Crippen LogP contribution in [0.1, 0.15) is 13.8 Å². The largest absolute Gasteiger partial charge is 0.478 e. The molecule has 1 fully saturated rings. The lowest BCUT2D eigenvalue weighted by Crippen LogP contribution is -2.62. The minimum atomic E-state index is -1.01. The van der Waals surface area contributed by atoms with Crippen LogP contribution >= 0.6 is 0 Å². The van der Waals surface area contributed by atoms with Crippen LogP contribution in [-0.4, -0.2) is 59.0 Å². The molecular formula is C11H18N2O3. The predicted molar refractivity (Wildman–Crippen MR) is 60.1 cm³/mol. The highest BCUT2D eigenvalue weighted by Crippen LogP contribution is 2.22. The summed E-state index contributed by atoms with van der Waals surface area (Å²) in [5.41, 5.74) is -0.545. The van der Waals surface area contributed by atoms with Gasteiger partial charge >= 0.3 is 5.97 Å². The molecule has 0 radical (unpaired) electrons. The summed E-state index contributed by atoms with van der Waals surface area (Å²) in [5, 5.41) is 8.78. The molecule has 1 rings (SSSR count). The first-order chi connectivity index (χ1) is 7.26. The van der Waals surface area contributed by atoms with Gasteiger partial charge in [0.15, 0.2) is 0 Å². The number of carbonyl (C=O) groups is 2. The van der Waals surface area contributed by atoms with Crippen LogP contribution in [-0.2, 0) is 9.59 Å². The van der Waals surface area contributed by atoms with Gasteiger partial charge in [0.05, 0.1) is 5.54 Å². The van der Waals surface area contributed by atoms with Gasteiger partial charge in [-0.15, -0.1) is 0 Å². The molecule has 0 aromatic carbocycles. The van der Waals surface area contributed by atoms with Crippen LogP contribution in [0.3, 0.4) is 0 Å². The normalized spacial score (nSPS) is 20.9. The average Bonchev–Trinajstić information content (AvgIpc) is 2.19. The highest BCUT2D eigenvalue weighted by Gasteiger charge is 2.40. The van der Waals surface area contributed by atoms with Crippen LogP contribution in [0, 0.1) is 0 Å². The predicted octanol–water partition coefficient (Wildman–Crippen LogP) is 0.180. The second kappa shape index (κ2) is 4.25. The second-order valence-corrected chi connectivity index (χ2v) is 4.62. The van der Waals surface area contributed by atoms with E-state index in [4.69, 9.17) is 5.11 Å². The van der Waals surface area contributed by atoms with E-state index < -0.39 is 11.5 Å². The number of carboxylic acid groups (broad SMARTS) is 1. The van der Waals surface area contributed by atoms with E-state index in [1.807, 2.05) is 4.90 Å². The Morgan fingerprint density at radius 3 is 2.56 bits per heavy atom. The second-order valence-electron chi connectivity index (χ2n) is 4.62. The fraction of sp³-hybridized carbons (Fsp3) is 0.636. The third kappa shape index (κ3) is 2.24. The van der Waals surface area contributed by atoms with Gasteiger partial charge in [0.1, 0.15) is 0 Å². The van der Waals surface area contributed by atoms with Gasteiger partial charge in [0.25, 0.3) is 0 Å². The van der Waals surface area contributed by atoms with Crippen molar-refractivity contribution in [3.63, 3.8) is 0 Å². The van der Waals surface area contributed by atoms with Gasteiger partial charge in [-0.05, 0) is 13.8 Å². The highest BCUT2D eigenvalue weighted by atomic mass is 16.4. The Morgan fingerprint density at radius 1 is 1.50 bits per heavy atom. The zero-order chi connectivity index (χ0) is 12.5. The number of hydrogen-bond donors (Lipinski definition) is 1. The van der Waals surface area contributed by atoms with Gasteiger partial charge in [-0.3, -0.25) is 9.69 Å². The van der Waals surface area contributed by atoms with Gasteiger partial charge in [-0.25, -0.2) is 4.79 Å². The maximum Gasteiger partial charge on any atom is 0.332 e. The maximum absolute atomic E-state index is 11.9. The van der Waals surface area contributed by atoms with Crippen LogP contribution in [0.4, 0.5) is 0 Å². The third-order valence-electron chi connectivity index (χ3n) is 3.05. The summed E-state index contributed by atoms with van der Waals surface area (Å²) in [6, 6.07) is 0. The lowest BCUT2D eigenvalue weighted by molar-refractivity contribution is -0.147. The molecule has 0 saturated carbocycles. The molecule has 1 saturated heterocycles. The first kappa shape index (κ1) is 12.7. The van der Waals surface area contributed by atoms with Crippen molar-refractivity contribution in [1.82, 2.24) is 9.80 Å². The summed E-state index contributed by atoms with van der Waals surface area (Å²) in [7, 11) is 1.76. The Morgan fingerprint density at radius 2 is 2.06 bits per heavy atom. The molecule has 0 spiro atoms. The maximum atomic E-state index is 11.9. The van der Waals surface area contributed by atoms with Crippen molar-refractivity contribution in [2.24, 2.45) is 0 Å². The fourth-order valence-electron chi connectivity index (χ4n) is 1.83. The average molecular weight is 226 g/mol. The van der Waals surface area contributed by atoms with E-state index in [1.54, 1.807) is 25.8 Å². The number of aliphatic carboxylic acids is 1. The zero-order valence-corrected chi connectivity index (χ0v) is 9.99. The van der Waals surface area contributed by atoms with Crippen LogP contribution in [0.5, 0.6) is 0 Å². The lowest BCUT2D eigenvalue weighted by Gasteiger charge is -2.44. The van der Waals surface area contributed by atoms with Crippen molar-refractivity contribution in [3.8, 4) is 0 Å². The minimum Gasteiger partial charge on any atom is -0.478 e. The van der Waals surface area contributed by atoms with Crippen molar-refractivity contribution in [2.75, 3.05) is 26.7 Å². The summed E-state index contributed by atoms with van der Waals surface area (Å²) in [6.45, 7) is 8.62. The van der Waals surface area contributed by atoms with Crippen molar-refractivity contribution in [2.45, 2.75) is 19.4 Å². The number of rotatable bonds is 3. The zero-order valence-electron chi connectivity index (χ0n) is 9.99. The van der Waals surface area contributed by atoms with Gasteiger partial charge in [0, 0.05) is 32.3 Å².